The van der Waals surface area contributed by atoms with Crippen LogP contribution in [0.3, 0.4) is 0 Å². The Morgan fingerprint density at radius 2 is 1.65 bits per heavy atom. The van der Waals surface area contributed by atoms with Gasteiger partial charge in [0.1, 0.15) is 0 Å². The zero-order chi connectivity index (χ0) is 18.4. The van der Waals surface area contributed by atoms with Gasteiger partial charge in [0.15, 0.2) is 0 Å². The van der Waals surface area contributed by atoms with Gasteiger partial charge in [0.25, 0.3) is 11.8 Å². The van der Waals surface area contributed by atoms with Crippen molar-refractivity contribution < 1.29 is 19.1 Å². The number of hydrogen-bond acceptors (Lipinski definition) is 5. The maximum Gasteiger partial charge on any atom is 0.261 e. The van der Waals surface area contributed by atoms with Gasteiger partial charge in [-0.25, -0.2) is 0 Å². The molecule has 140 valence electrons. The van der Waals surface area contributed by atoms with Crippen LogP contribution in [0.2, 0.25) is 0 Å². The summed E-state index contributed by atoms with van der Waals surface area (Å²) in [6.45, 7) is 5.31. The van der Waals surface area contributed by atoms with Crippen LogP contribution in [0, 0.1) is 0 Å². The van der Waals surface area contributed by atoms with Crippen molar-refractivity contribution in [2.45, 2.75) is 19.3 Å². The van der Waals surface area contributed by atoms with Crippen LogP contribution >= 0.6 is 0 Å². The molecule has 0 bridgehead atoms. The van der Waals surface area contributed by atoms with Crippen molar-refractivity contribution in [1.29, 1.82) is 0 Å². The van der Waals surface area contributed by atoms with Crippen molar-refractivity contribution >= 4 is 17.7 Å². The number of fused-ring (bicyclic) bond motifs is 1. The number of nitrogens with one attached hydrogen (secondary N) is 1. The lowest BCUT2D eigenvalue weighted by Crippen LogP contribution is -2.37. The molecular formula is C19H25N3O4. The maximum atomic E-state index is 12.2. The van der Waals surface area contributed by atoms with E-state index < -0.39 is 0 Å². The topological polar surface area (TPSA) is 79.0 Å². The van der Waals surface area contributed by atoms with E-state index in [4.69, 9.17) is 4.74 Å². The van der Waals surface area contributed by atoms with Gasteiger partial charge in [-0.3, -0.25) is 24.2 Å². The van der Waals surface area contributed by atoms with E-state index in [1.165, 1.54) is 0 Å². The molecule has 0 aliphatic carbocycles. The number of unbranched alkanes of at least 4 members (excludes halogenated alkanes) is 1. The molecule has 0 atom stereocenters. The first kappa shape index (κ1) is 18.5. The Hall–Kier alpha value is -2.25. The molecule has 2 aliphatic heterocycles. The smallest absolute Gasteiger partial charge is 0.261 e. The van der Waals surface area contributed by atoms with E-state index in [1.807, 2.05) is 0 Å². The number of amides is 3. The number of imide groups is 1. The van der Waals surface area contributed by atoms with Gasteiger partial charge in [0.2, 0.25) is 5.91 Å². The van der Waals surface area contributed by atoms with Crippen LogP contribution in [0.1, 0.15) is 40.0 Å². The predicted octanol–water partition coefficient (Wildman–Crippen LogP) is 0.901. The van der Waals surface area contributed by atoms with Gasteiger partial charge >= 0.3 is 0 Å². The Kier molecular flexibility index (Phi) is 6.35. The van der Waals surface area contributed by atoms with Gasteiger partial charge in [-0.15, -0.1) is 0 Å². The van der Waals surface area contributed by atoms with Crippen molar-refractivity contribution in [3.8, 4) is 0 Å². The number of morpholine rings is 1. The van der Waals surface area contributed by atoms with Crippen LogP contribution in [0.25, 0.3) is 0 Å². The van der Waals surface area contributed by atoms with Gasteiger partial charge in [-0.05, 0) is 31.5 Å². The summed E-state index contributed by atoms with van der Waals surface area (Å²) < 4.78 is 5.31. The number of ether oxygens (including phenoxy) is 1. The number of carbonyl (C=O) groups excluding carboxylic acids is 3. The van der Waals surface area contributed by atoms with E-state index in [0.717, 1.165) is 50.6 Å². The monoisotopic (exact) mass is 359 g/mol. The van der Waals surface area contributed by atoms with Crippen LogP contribution in [-0.2, 0) is 9.53 Å². The van der Waals surface area contributed by atoms with Crippen LogP contribution in [0.15, 0.2) is 24.3 Å². The summed E-state index contributed by atoms with van der Waals surface area (Å²) in [7, 11) is 0. The first-order valence-corrected chi connectivity index (χ1v) is 9.19. The summed E-state index contributed by atoms with van der Waals surface area (Å²) in [5.74, 6) is -0.763. The molecular weight excluding hydrogens is 334 g/mol. The normalized spacial score (nSPS) is 17.5. The second-order valence-electron chi connectivity index (χ2n) is 6.57. The van der Waals surface area contributed by atoms with Crippen LogP contribution in [0.5, 0.6) is 0 Å². The molecule has 3 amide bonds. The lowest BCUT2D eigenvalue weighted by molar-refractivity contribution is -0.121. The molecule has 1 aromatic carbocycles. The Morgan fingerprint density at radius 3 is 2.31 bits per heavy atom. The summed E-state index contributed by atoms with van der Waals surface area (Å²) in [6.07, 6.45) is 2.07. The minimum atomic E-state index is -0.316. The average Bonchev–Trinajstić information content (AvgIpc) is 2.91. The van der Waals surface area contributed by atoms with E-state index in [2.05, 4.69) is 10.2 Å². The minimum absolute atomic E-state index is 0.117. The zero-order valence-corrected chi connectivity index (χ0v) is 14.9. The average molecular weight is 359 g/mol. The molecule has 1 aromatic rings. The number of benzene rings is 1. The van der Waals surface area contributed by atoms with Gasteiger partial charge in [0.05, 0.1) is 24.3 Å². The molecule has 0 aromatic heterocycles. The van der Waals surface area contributed by atoms with E-state index in [0.29, 0.717) is 17.7 Å². The Bertz CT molecular complexity index is 636. The summed E-state index contributed by atoms with van der Waals surface area (Å²) >= 11 is 0. The first-order valence-electron chi connectivity index (χ1n) is 9.19. The summed E-state index contributed by atoms with van der Waals surface area (Å²) in [5.41, 5.74) is 0.835. The third-order valence-corrected chi connectivity index (χ3v) is 4.77. The van der Waals surface area contributed by atoms with Crippen LogP contribution in [0.4, 0.5) is 0 Å². The first-order chi connectivity index (χ1) is 12.7. The summed E-state index contributed by atoms with van der Waals surface area (Å²) in [4.78, 5) is 39.9. The highest BCUT2D eigenvalue weighted by Crippen LogP contribution is 2.22. The Morgan fingerprint density at radius 1 is 1.00 bits per heavy atom. The number of hydrogen-bond donors (Lipinski definition) is 1. The molecule has 7 heteroatoms. The molecule has 0 saturated carbocycles. The SMILES string of the molecule is O=C(CCN1C(=O)c2ccccc2C1=O)NCCCCN1CCOCC1. The largest absolute Gasteiger partial charge is 0.379 e. The molecule has 7 nitrogen and oxygen atoms in total. The third kappa shape index (κ3) is 4.47. The lowest BCUT2D eigenvalue weighted by Gasteiger charge is -2.26. The molecule has 0 spiro atoms. The molecule has 1 fully saturated rings. The highest BCUT2D eigenvalue weighted by Gasteiger charge is 2.34. The van der Waals surface area contributed by atoms with Gasteiger partial charge in [0, 0.05) is 32.6 Å². The van der Waals surface area contributed by atoms with Gasteiger partial charge < -0.3 is 10.1 Å². The van der Waals surface area contributed by atoms with E-state index in [1.54, 1.807) is 24.3 Å². The fourth-order valence-electron chi connectivity index (χ4n) is 3.26. The lowest BCUT2D eigenvalue weighted by atomic mass is 10.1. The van der Waals surface area contributed by atoms with Crippen molar-refractivity contribution in [3.63, 3.8) is 0 Å². The third-order valence-electron chi connectivity index (χ3n) is 4.77. The summed E-state index contributed by atoms with van der Waals surface area (Å²) in [5, 5.41) is 2.86. The molecule has 0 radical (unpaired) electrons. The molecule has 1 saturated heterocycles. The predicted molar refractivity (Wildman–Crippen MR) is 95.9 cm³/mol. The van der Waals surface area contributed by atoms with Crippen molar-refractivity contribution in [1.82, 2.24) is 15.1 Å². The van der Waals surface area contributed by atoms with Crippen molar-refractivity contribution in [3.05, 3.63) is 35.4 Å². The molecule has 0 unspecified atom stereocenters. The Balaban J connectivity index is 1.32. The fourth-order valence-corrected chi connectivity index (χ4v) is 3.26. The molecule has 2 aliphatic rings. The molecule has 3 rings (SSSR count). The van der Waals surface area contributed by atoms with E-state index in [-0.39, 0.29) is 30.7 Å². The van der Waals surface area contributed by atoms with E-state index in [9.17, 15) is 14.4 Å². The highest BCUT2D eigenvalue weighted by atomic mass is 16.5. The minimum Gasteiger partial charge on any atom is -0.379 e. The standard InChI is InChI=1S/C19H25N3O4/c23-17(20-8-3-4-9-21-11-13-26-14-12-21)7-10-22-18(24)15-5-1-2-6-16(15)19(22)25/h1-2,5-6H,3-4,7-14H2,(H,20,23). The number of rotatable bonds is 8. The van der Waals surface area contributed by atoms with Crippen molar-refractivity contribution in [2.24, 2.45) is 0 Å². The number of nitrogens with zero attached hydrogens (tertiary/aromatic N) is 2. The van der Waals surface area contributed by atoms with Crippen molar-refractivity contribution in [2.75, 3.05) is 45.9 Å². The molecule has 2 heterocycles. The number of carbonyl (C=O) groups is 3. The molecule has 1 N–H and O–H groups in total. The Labute approximate surface area is 153 Å². The maximum absolute atomic E-state index is 12.2. The molecule has 26 heavy (non-hydrogen) atoms. The summed E-state index contributed by atoms with van der Waals surface area (Å²) in [6, 6.07) is 6.75. The van der Waals surface area contributed by atoms with Crippen LogP contribution in [-0.4, -0.2) is 73.5 Å². The van der Waals surface area contributed by atoms with Gasteiger partial charge in [-0.1, -0.05) is 12.1 Å². The second kappa shape index (κ2) is 8.91. The zero-order valence-electron chi connectivity index (χ0n) is 14.9. The quantitative estimate of drug-likeness (QED) is 0.551. The van der Waals surface area contributed by atoms with E-state index >= 15 is 0 Å². The fraction of sp³-hybridized carbons (Fsp3) is 0.526. The van der Waals surface area contributed by atoms with Gasteiger partial charge in [-0.2, -0.15) is 0 Å². The second-order valence-corrected chi connectivity index (χ2v) is 6.57. The highest BCUT2D eigenvalue weighted by molar-refractivity contribution is 6.21. The van der Waals surface area contributed by atoms with Crippen LogP contribution < -0.4 is 5.32 Å².